The molecule has 1 aliphatic carbocycles. The van der Waals surface area contributed by atoms with Gasteiger partial charge in [0.05, 0.1) is 5.39 Å². The normalized spacial score (nSPS) is 14.0. The molecule has 1 aliphatic rings. The van der Waals surface area contributed by atoms with Gasteiger partial charge in [-0.25, -0.2) is 9.59 Å². The lowest BCUT2D eigenvalue weighted by Gasteiger charge is -2.15. The maximum Gasteiger partial charge on any atom is 0.339 e. The molecule has 2 aromatic rings. The number of aliphatic carboxylic acids is 1. The highest BCUT2D eigenvalue weighted by molar-refractivity contribution is 7.98. The topological polar surface area (TPSA) is 106 Å². The van der Waals surface area contributed by atoms with Crippen molar-refractivity contribution in [1.29, 1.82) is 0 Å². The first-order chi connectivity index (χ1) is 12.9. The molecule has 0 fully saturated rings. The van der Waals surface area contributed by atoms with Gasteiger partial charge in [-0.3, -0.25) is 4.79 Å². The molecule has 1 atom stereocenters. The molecule has 1 aromatic heterocycles. The first kappa shape index (κ1) is 19.3. The number of carboxylic acid groups (broad SMARTS) is 1. The molecule has 144 valence electrons. The molecule has 7 nitrogen and oxygen atoms in total. The molecule has 2 N–H and O–H groups in total. The van der Waals surface area contributed by atoms with Crippen molar-refractivity contribution < 1.29 is 23.8 Å². The lowest BCUT2D eigenvalue weighted by Crippen LogP contribution is -2.44. The van der Waals surface area contributed by atoms with Gasteiger partial charge in [0.1, 0.15) is 17.4 Å². The van der Waals surface area contributed by atoms with Crippen molar-refractivity contribution in [2.24, 2.45) is 0 Å². The van der Waals surface area contributed by atoms with Gasteiger partial charge in [0, 0.05) is 11.3 Å². The van der Waals surface area contributed by atoms with Crippen molar-refractivity contribution in [3.63, 3.8) is 0 Å². The molecule has 1 amide bonds. The molecular weight excluding hydrogens is 370 g/mol. The van der Waals surface area contributed by atoms with Crippen LogP contribution in [0.5, 0.6) is 5.75 Å². The van der Waals surface area contributed by atoms with E-state index < -0.39 is 17.9 Å². The predicted molar refractivity (Wildman–Crippen MR) is 103 cm³/mol. The smallest absolute Gasteiger partial charge is 0.339 e. The number of rotatable bonds is 7. The molecular formula is C19H21NO6S. The zero-order chi connectivity index (χ0) is 19.6. The van der Waals surface area contributed by atoms with E-state index in [4.69, 9.17) is 14.3 Å². The predicted octanol–water partition coefficient (Wildman–Crippen LogP) is 1.90. The van der Waals surface area contributed by atoms with Crippen LogP contribution < -0.4 is 15.7 Å². The van der Waals surface area contributed by atoms with Crippen molar-refractivity contribution in [2.75, 3.05) is 18.6 Å². The molecule has 3 rings (SSSR count). The minimum absolute atomic E-state index is 0.271. The molecule has 0 spiro atoms. The van der Waals surface area contributed by atoms with Crippen molar-refractivity contribution in [1.82, 2.24) is 5.32 Å². The Morgan fingerprint density at radius 3 is 2.78 bits per heavy atom. The van der Waals surface area contributed by atoms with E-state index in [2.05, 4.69) is 5.32 Å². The molecule has 0 unspecified atom stereocenters. The molecule has 0 saturated heterocycles. The van der Waals surface area contributed by atoms with Gasteiger partial charge >= 0.3 is 11.6 Å². The molecule has 1 heterocycles. The Bertz CT molecular complexity index is 951. The third-order valence-electron chi connectivity index (χ3n) is 4.50. The number of aryl methyl sites for hydroxylation is 2. The van der Waals surface area contributed by atoms with Crippen LogP contribution in [0.3, 0.4) is 0 Å². The second-order valence-corrected chi connectivity index (χ2v) is 7.45. The van der Waals surface area contributed by atoms with Crippen LogP contribution in [0.2, 0.25) is 0 Å². The minimum Gasteiger partial charge on any atom is -0.483 e. The summed E-state index contributed by atoms with van der Waals surface area (Å²) >= 11 is 1.33. The monoisotopic (exact) mass is 391 g/mol. The average molecular weight is 391 g/mol. The molecule has 0 aliphatic heterocycles. The Kier molecular flexibility index (Phi) is 5.74. The van der Waals surface area contributed by atoms with E-state index in [-0.39, 0.29) is 18.0 Å². The Hall–Kier alpha value is -2.48. The van der Waals surface area contributed by atoms with Crippen LogP contribution in [0.15, 0.2) is 21.3 Å². The summed E-state index contributed by atoms with van der Waals surface area (Å²) in [6.45, 7) is 1.53. The van der Waals surface area contributed by atoms with Crippen molar-refractivity contribution in [3.05, 3.63) is 39.2 Å². The number of hydrogen-bond acceptors (Lipinski definition) is 6. The third kappa shape index (κ3) is 4.10. The maximum absolute atomic E-state index is 12.1. The summed E-state index contributed by atoms with van der Waals surface area (Å²) in [7, 11) is 0. The van der Waals surface area contributed by atoms with Gasteiger partial charge in [-0.2, -0.15) is 11.8 Å². The average Bonchev–Trinajstić information content (AvgIpc) is 3.09. The fourth-order valence-corrected chi connectivity index (χ4v) is 3.90. The first-order valence-corrected chi connectivity index (χ1v) is 10.0. The summed E-state index contributed by atoms with van der Waals surface area (Å²) in [6, 6.07) is 2.61. The van der Waals surface area contributed by atoms with Crippen LogP contribution in [0, 0.1) is 6.92 Å². The van der Waals surface area contributed by atoms with Crippen molar-refractivity contribution in [3.8, 4) is 5.75 Å². The lowest BCUT2D eigenvalue weighted by molar-refractivity contribution is -0.141. The fraction of sp³-hybridized carbons (Fsp3) is 0.421. The molecule has 0 bridgehead atoms. The molecule has 1 aromatic carbocycles. The van der Waals surface area contributed by atoms with E-state index in [1.807, 2.05) is 6.92 Å². The number of nitrogens with one attached hydrogen (secondary N) is 1. The SMILES string of the molecule is CSC[C@H](NC(=O)COc1cc(C)cc2oc(=O)c3c(c12)CCC3)C(=O)O. The quantitative estimate of drug-likeness (QED) is 0.695. The van der Waals surface area contributed by atoms with E-state index in [0.717, 1.165) is 29.4 Å². The second-order valence-electron chi connectivity index (χ2n) is 6.54. The van der Waals surface area contributed by atoms with Crippen LogP contribution in [-0.2, 0) is 22.4 Å². The third-order valence-corrected chi connectivity index (χ3v) is 5.17. The Labute approximate surface area is 160 Å². The number of carbonyl (C=O) groups is 2. The van der Waals surface area contributed by atoms with Gasteiger partial charge in [0.15, 0.2) is 6.61 Å². The second kappa shape index (κ2) is 8.04. The van der Waals surface area contributed by atoms with Gasteiger partial charge < -0.3 is 19.6 Å². The minimum atomic E-state index is -1.08. The summed E-state index contributed by atoms with van der Waals surface area (Å²) < 4.78 is 11.2. The number of hydrogen-bond donors (Lipinski definition) is 2. The van der Waals surface area contributed by atoms with Crippen molar-refractivity contribution in [2.45, 2.75) is 32.2 Å². The highest BCUT2D eigenvalue weighted by Crippen LogP contribution is 2.35. The molecule has 27 heavy (non-hydrogen) atoms. The van der Waals surface area contributed by atoms with E-state index in [1.54, 1.807) is 18.4 Å². The molecule has 8 heteroatoms. The van der Waals surface area contributed by atoms with Crippen LogP contribution >= 0.6 is 11.8 Å². The number of benzene rings is 1. The van der Waals surface area contributed by atoms with E-state index in [1.165, 1.54) is 11.8 Å². The molecule has 0 radical (unpaired) electrons. The Morgan fingerprint density at radius 2 is 2.07 bits per heavy atom. The standard InChI is InChI=1S/C19H21NO6S/c1-10-6-14(25-8-16(21)20-13(9-27-2)18(22)23)17-11-4-3-5-12(11)19(24)26-15(17)7-10/h6-7,13H,3-5,8-9H2,1-2H3,(H,20,21)(H,22,23)/t13-/m0/s1. The fourth-order valence-electron chi connectivity index (χ4n) is 3.34. The van der Waals surface area contributed by atoms with Gasteiger partial charge in [-0.15, -0.1) is 0 Å². The number of fused-ring (bicyclic) bond motifs is 3. The van der Waals surface area contributed by atoms with E-state index >= 15 is 0 Å². The van der Waals surface area contributed by atoms with Crippen molar-refractivity contribution >= 4 is 34.6 Å². The number of carbonyl (C=O) groups excluding carboxylic acids is 1. The highest BCUT2D eigenvalue weighted by atomic mass is 32.2. The van der Waals surface area contributed by atoms with Crippen LogP contribution in [-0.4, -0.2) is 41.6 Å². The summed E-state index contributed by atoms with van der Waals surface area (Å²) in [4.78, 5) is 35.4. The maximum atomic E-state index is 12.1. The van der Waals surface area contributed by atoms with Crippen LogP contribution in [0.4, 0.5) is 0 Å². The largest absolute Gasteiger partial charge is 0.483 e. The summed E-state index contributed by atoms with van der Waals surface area (Å²) in [5.41, 5.74) is 2.56. The summed E-state index contributed by atoms with van der Waals surface area (Å²) in [6.07, 6.45) is 4.09. The Balaban J connectivity index is 1.85. The number of carboxylic acids is 1. The van der Waals surface area contributed by atoms with Gasteiger partial charge in [0.25, 0.3) is 5.91 Å². The van der Waals surface area contributed by atoms with Gasteiger partial charge in [0.2, 0.25) is 0 Å². The zero-order valence-electron chi connectivity index (χ0n) is 15.2. The van der Waals surface area contributed by atoms with E-state index in [0.29, 0.717) is 23.3 Å². The lowest BCUT2D eigenvalue weighted by atomic mass is 10.0. The summed E-state index contributed by atoms with van der Waals surface area (Å²) in [5.74, 6) is -0.857. The highest BCUT2D eigenvalue weighted by Gasteiger charge is 2.23. The summed E-state index contributed by atoms with van der Waals surface area (Å²) in [5, 5.41) is 12.3. The van der Waals surface area contributed by atoms with E-state index in [9.17, 15) is 14.4 Å². The Morgan fingerprint density at radius 1 is 1.33 bits per heavy atom. The van der Waals surface area contributed by atoms with Gasteiger partial charge in [-0.1, -0.05) is 0 Å². The molecule has 0 saturated carbocycles. The number of thioether (sulfide) groups is 1. The zero-order valence-corrected chi connectivity index (χ0v) is 16.0. The first-order valence-electron chi connectivity index (χ1n) is 8.63. The number of ether oxygens (including phenoxy) is 1. The number of amides is 1. The van der Waals surface area contributed by atoms with Crippen LogP contribution in [0.25, 0.3) is 11.0 Å². The van der Waals surface area contributed by atoms with Crippen LogP contribution in [0.1, 0.15) is 23.1 Å². The van der Waals surface area contributed by atoms with Gasteiger partial charge in [-0.05, 0) is 55.7 Å².